The molecule has 9 heteroatoms. The fourth-order valence-corrected chi connectivity index (χ4v) is 7.36. The zero-order valence-corrected chi connectivity index (χ0v) is 26.3. The number of carbonyl (C=O) groups excluding carboxylic acids is 2. The molecule has 238 valence electrons. The van der Waals surface area contributed by atoms with Crippen LogP contribution in [0.5, 0.6) is 23.0 Å². The summed E-state index contributed by atoms with van der Waals surface area (Å²) in [5.41, 5.74) is 3.57. The molecule has 2 heterocycles. The molecule has 0 saturated heterocycles. The summed E-state index contributed by atoms with van der Waals surface area (Å²) in [5, 5.41) is 9.83. The monoisotopic (exact) mass is 615 g/mol. The average Bonchev–Trinajstić information content (AvgIpc) is 3.62. The number of ether oxygens (including phenoxy) is 5. The van der Waals surface area contributed by atoms with Gasteiger partial charge in [0.05, 0.1) is 25.8 Å². The lowest BCUT2D eigenvalue weighted by molar-refractivity contribution is -0.00783. The molecule has 0 unspecified atom stereocenters. The second-order valence-electron chi connectivity index (χ2n) is 12.5. The fraction of sp³-hybridized carbons (Fsp3) is 0.444. The van der Waals surface area contributed by atoms with Crippen molar-refractivity contribution in [1.29, 1.82) is 0 Å². The van der Waals surface area contributed by atoms with Crippen LogP contribution in [0.2, 0.25) is 0 Å². The molecule has 3 aromatic carbocycles. The molecule has 0 radical (unpaired) electrons. The molecular weight excluding hydrogens is 574 g/mol. The van der Waals surface area contributed by atoms with Crippen molar-refractivity contribution in [3.8, 4) is 23.0 Å². The van der Waals surface area contributed by atoms with E-state index < -0.39 is 18.0 Å². The highest BCUT2D eigenvalue weighted by molar-refractivity contribution is 6.09. The number of carbonyl (C=O) groups is 2. The first-order valence-electron chi connectivity index (χ1n) is 15.6. The zero-order chi connectivity index (χ0) is 31.7. The first kappa shape index (κ1) is 30.8. The predicted molar refractivity (Wildman–Crippen MR) is 167 cm³/mol. The van der Waals surface area contributed by atoms with Gasteiger partial charge >= 0.3 is 6.09 Å². The van der Waals surface area contributed by atoms with E-state index >= 15 is 0 Å². The summed E-state index contributed by atoms with van der Waals surface area (Å²) < 4.78 is 28.8. The molecule has 0 spiro atoms. The average molecular weight is 616 g/mol. The summed E-state index contributed by atoms with van der Waals surface area (Å²) in [7, 11) is 3.00. The summed E-state index contributed by atoms with van der Waals surface area (Å²) in [6.07, 6.45) is 3.30. The Morgan fingerprint density at radius 3 is 2.38 bits per heavy atom. The van der Waals surface area contributed by atoms with E-state index in [2.05, 4.69) is 26.0 Å². The van der Waals surface area contributed by atoms with E-state index in [0.29, 0.717) is 35.7 Å². The summed E-state index contributed by atoms with van der Waals surface area (Å²) in [6, 6.07) is 16.9. The maximum Gasteiger partial charge on any atom is 0.417 e. The topological polar surface area (TPSA) is 104 Å². The molecule has 0 bridgehead atoms. The number of benzene rings is 3. The maximum atomic E-state index is 14.3. The van der Waals surface area contributed by atoms with E-state index in [1.165, 1.54) is 24.7 Å². The molecular formula is C36H41NO8. The van der Waals surface area contributed by atoms with Gasteiger partial charge in [0, 0.05) is 12.5 Å². The molecule has 1 saturated carbocycles. The summed E-state index contributed by atoms with van der Waals surface area (Å²) in [4.78, 5) is 29.7. The van der Waals surface area contributed by atoms with E-state index in [-0.39, 0.29) is 42.1 Å². The predicted octanol–water partition coefficient (Wildman–Crippen LogP) is 6.38. The lowest BCUT2D eigenvalue weighted by Crippen LogP contribution is -2.45. The van der Waals surface area contributed by atoms with Crippen molar-refractivity contribution in [2.24, 2.45) is 5.92 Å². The van der Waals surface area contributed by atoms with Crippen molar-refractivity contribution in [1.82, 2.24) is 4.90 Å². The van der Waals surface area contributed by atoms with Crippen molar-refractivity contribution >= 4 is 12.0 Å². The Kier molecular flexibility index (Phi) is 8.64. The second kappa shape index (κ2) is 12.6. The molecule has 3 aromatic rings. The van der Waals surface area contributed by atoms with Gasteiger partial charge in [-0.05, 0) is 78.0 Å². The number of amides is 2. The van der Waals surface area contributed by atoms with E-state index in [1.54, 1.807) is 6.07 Å². The molecule has 1 aliphatic carbocycles. The van der Waals surface area contributed by atoms with Gasteiger partial charge < -0.3 is 28.8 Å². The van der Waals surface area contributed by atoms with Gasteiger partial charge in [0.15, 0.2) is 23.0 Å². The van der Waals surface area contributed by atoms with Crippen LogP contribution >= 0.6 is 0 Å². The van der Waals surface area contributed by atoms with Crippen LogP contribution in [0.4, 0.5) is 4.79 Å². The molecule has 9 nitrogen and oxygen atoms in total. The van der Waals surface area contributed by atoms with Crippen LogP contribution in [0.25, 0.3) is 0 Å². The molecule has 3 atom stereocenters. The van der Waals surface area contributed by atoms with Crippen molar-refractivity contribution in [3.05, 3.63) is 82.4 Å². The van der Waals surface area contributed by atoms with Gasteiger partial charge in [-0.3, -0.25) is 4.79 Å². The quantitative estimate of drug-likeness (QED) is 0.296. The van der Waals surface area contributed by atoms with Crippen LogP contribution in [-0.4, -0.2) is 55.7 Å². The van der Waals surface area contributed by atoms with Gasteiger partial charge in [-0.15, -0.1) is 0 Å². The van der Waals surface area contributed by atoms with Crippen LogP contribution in [-0.2, 0) is 23.0 Å². The molecule has 1 fully saturated rings. The van der Waals surface area contributed by atoms with Crippen molar-refractivity contribution in [2.75, 3.05) is 27.6 Å². The molecule has 0 aromatic heterocycles. The third kappa shape index (κ3) is 5.58. The summed E-state index contributed by atoms with van der Waals surface area (Å²) >= 11 is 0. The molecule has 6 rings (SSSR count). The number of rotatable bonds is 9. The highest BCUT2D eigenvalue weighted by atomic mass is 16.7. The largest absolute Gasteiger partial charge is 0.493 e. The SMILES string of the molecule is COc1ccc2c(c1OC)C(=O)N(C(=O)O[C@H]1CCCC[C@@H]1C(C)(C)c1ccccc1)[C@H]2Cc1cc2c(cc1CCO)OCO2. The number of hydrogen-bond acceptors (Lipinski definition) is 8. The normalized spacial score (nSPS) is 20.6. The van der Waals surface area contributed by atoms with E-state index in [4.69, 9.17) is 23.7 Å². The Bertz CT molecular complexity index is 1570. The number of fused-ring (bicyclic) bond motifs is 2. The Morgan fingerprint density at radius 2 is 1.69 bits per heavy atom. The number of methoxy groups -OCH3 is 2. The van der Waals surface area contributed by atoms with Gasteiger partial charge in [-0.25, -0.2) is 9.69 Å². The molecule has 45 heavy (non-hydrogen) atoms. The van der Waals surface area contributed by atoms with Gasteiger partial charge in [0.2, 0.25) is 6.79 Å². The number of hydrogen-bond donors (Lipinski definition) is 1. The highest BCUT2D eigenvalue weighted by Crippen LogP contribution is 2.47. The third-order valence-corrected chi connectivity index (χ3v) is 9.77. The van der Waals surface area contributed by atoms with E-state index in [9.17, 15) is 14.7 Å². The van der Waals surface area contributed by atoms with Crippen LogP contribution in [0, 0.1) is 5.92 Å². The Hall–Kier alpha value is -4.24. The Balaban J connectivity index is 1.37. The van der Waals surface area contributed by atoms with Crippen molar-refractivity contribution < 1.29 is 38.4 Å². The minimum absolute atomic E-state index is 0.0656. The van der Waals surface area contributed by atoms with Gasteiger partial charge in [-0.1, -0.05) is 56.7 Å². The summed E-state index contributed by atoms with van der Waals surface area (Å²) in [5.74, 6) is 1.47. The van der Waals surface area contributed by atoms with Crippen LogP contribution in [0.3, 0.4) is 0 Å². The molecule has 1 N–H and O–H groups in total. The van der Waals surface area contributed by atoms with Gasteiger partial charge in [0.1, 0.15) is 6.10 Å². The smallest absolute Gasteiger partial charge is 0.417 e. The van der Waals surface area contributed by atoms with E-state index in [0.717, 1.165) is 36.8 Å². The lowest BCUT2D eigenvalue weighted by atomic mass is 9.66. The number of aliphatic hydroxyl groups excluding tert-OH is 1. The van der Waals surface area contributed by atoms with Crippen LogP contribution in [0.15, 0.2) is 54.6 Å². The summed E-state index contributed by atoms with van der Waals surface area (Å²) in [6.45, 7) is 4.46. The van der Waals surface area contributed by atoms with Gasteiger partial charge in [0.25, 0.3) is 5.91 Å². The minimum Gasteiger partial charge on any atom is -0.493 e. The van der Waals surface area contributed by atoms with Crippen LogP contribution < -0.4 is 18.9 Å². The van der Waals surface area contributed by atoms with Crippen molar-refractivity contribution in [3.63, 3.8) is 0 Å². The standard InChI is InChI=1S/C36H41NO8/c1-36(2,24-10-6-5-7-11-24)26-12-8-9-13-28(26)45-35(40)37-27(25-14-15-29(41-3)33(42-4)32(25)34(37)39)18-23-20-31-30(43-21-44-31)19-22(23)16-17-38/h5-7,10-11,14-15,19-20,26-28,38H,8-9,12-13,16-18,21H2,1-4H3/t26-,27-,28-/m0/s1. The number of aliphatic hydroxyl groups is 1. The molecule has 3 aliphatic rings. The molecule has 2 aliphatic heterocycles. The van der Waals surface area contributed by atoms with Crippen molar-refractivity contribution in [2.45, 2.75) is 69.9 Å². The lowest BCUT2D eigenvalue weighted by Gasteiger charge is -2.42. The minimum atomic E-state index is -0.679. The van der Waals surface area contributed by atoms with E-state index in [1.807, 2.05) is 36.4 Å². The first-order valence-corrected chi connectivity index (χ1v) is 15.6. The number of nitrogens with zero attached hydrogens (tertiary/aromatic N) is 1. The highest BCUT2D eigenvalue weighted by Gasteiger charge is 2.47. The van der Waals surface area contributed by atoms with Crippen LogP contribution in [0.1, 0.15) is 78.2 Å². The fourth-order valence-electron chi connectivity index (χ4n) is 7.36. The van der Waals surface area contributed by atoms with Gasteiger partial charge in [-0.2, -0.15) is 0 Å². The molecule has 2 amide bonds. The second-order valence-corrected chi connectivity index (χ2v) is 12.5. The zero-order valence-electron chi connectivity index (χ0n) is 26.3. The Morgan fingerprint density at radius 1 is 0.978 bits per heavy atom. The Labute approximate surface area is 264 Å². The number of imide groups is 1. The first-order chi connectivity index (χ1) is 21.8. The third-order valence-electron chi connectivity index (χ3n) is 9.77. The maximum absolute atomic E-state index is 14.3.